The molecule has 2 atom stereocenters. The van der Waals surface area contributed by atoms with Crippen LogP contribution in [0, 0.1) is 5.92 Å². The molecule has 2 unspecified atom stereocenters. The van der Waals surface area contributed by atoms with Crippen LogP contribution >= 0.6 is 0 Å². The molecule has 70 valence electrons. The van der Waals surface area contributed by atoms with Gasteiger partial charge in [0.05, 0.1) is 6.10 Å². The fourth-order valence-corrected chi connectivity index (χ4v) is 2.05. The van der Waals surface area contributed by atoms with Crippen LogP contribution in [0.4, 0.5) is 0 Å². The zero-order valence-electron chi connectivity index (χ0n) is 7.84. The van der Waals surface area contributed by atoms with Crippen LogP contribution in [0.5, 0.6) is 0 Å². The lowest BCUT2D eigenvalue weighted by atomic mass is 9.83. The molecule has 1 aliphatic rings. The fraction of sp³-hybridized carbons (Fsp3) is 0.818. The summed E-state index contributed by atoms with van der Waals surface area (Å²) in [5, 5.41) is 9.64. The molecule has 0 amide bonds. The second-order valence-electron chi connectivity index (χ2n) is 3.83. The smallest absolute Gasteiger partial charge is 0.0568 e. The first-order valence-corrected chi connectivity index (χ1v) is 5.13. The zero-order chi connectivity index (χ0) is 8.81. The summed E-state index contributed by atoms with van der Waals surface area (Å²) in [4.78, 5) is 0. The van der Waals surface area contributed by atoms with Crippen LogP contribution in [0.2, 0.25) is 0 Å². The Hall–Kier alpha value is -0.300. The molecular formula is C11H20O. The fourth-order valence-electron chi connectivity index (χ4n) is 2.05. The van der Waals surface area contributed by atoms with Gasteiger partial charge in [-0.15, -0.1) is 6.58 Å². The van der Waals surface area contributed by atoms with Gasteiger partial charge in [-0.25, -0.2) is 0 Å². The van der Waals surface area contributed by atoms with Gasteiger partial charge in [0.1, 0.15) is 0 Å². The maximum absolute atomic E-state index is 9.64. The van der Waals surface area contributed by atoms with Crippen LogP contribution in [-0.2, 0) is 0 Å². The van der Waals surface area contributed by atoms with Gasteiger partial charge in [0.25, 0.3) is 0 Å². The minimum absolute atomic E-state index is 0.0106. The van der Waals surface area contributed by atoms with Crippen molar-refractivity contribution < 1.29 is 5.11 Å². The van der Waals surface area contributed by atoms with E-state index >= 15 is 0 Å². The molecular weight excluding hydrogens is 148 g/mol. The maximum atomic E-state index is 9.64. The molecule has 0 saturated heterocycles. The Balaban J connectivity index is 2.15. The Bertz CT molecular complexity index is 131. The van der Waals surface area contributed by atoms with E-state index in [2.05, 4.69) is 6.58 Å². The highest BCUT2D eigenvalue weighted by atomic mass is 16.3. The highest BCUT2D eigenvalue weighted by Crippen LogP contribution is 2.28. The lowest BCUT2D eigenvalue weighted by Gasteiger charge is -2.27. The maximum Gasteiger partial charge on any atom is 0.0568 e. The first-order chi connectivity index (χ1) is 5.84. The number of rotatable bonds is 4. The van der Waals surface area contributed by atoms with Crippen LogP contribution in [0.3, 0.4) is 0 Å². The van der Waals surface area contributed by atoms with Gasteiger partial charge in [-0.2, -0.15) is 0 Å². The largest absolute Gasteiger partial charge is 0.393 e. The topological polar surface area (TPSA) is 20.2 Å². The van der Waals surface area contributed by atoms with Crippen LogP contribution in [0.1, 0.15) is 44.9 Å². The molecule has 1 fully saturated rings. The van der Waals surface area contributed by atoms with E-state index < -0.39 is 0 Å². The number of unbranched alkanes of at least 4 members (excludes halogenated alkanes) is 1. The van der Waals surface area contributed by atoms with Crippen molar-refractivity contribution in [3.8, 4) is 0 Å². The number of aliphatic hydroxyl groups is 1. The monoisotopic (exact) mass is 168 g/mol. The van der Waals surface area contributed by atoms with Crippen molar-refractivity contribution in [3.05, 3.63) is 12.7 Å². The van der Waals surface area contributed by atoms with E-state index in [4.69, 9.17) is 0 Å². The molecule has 0 heterocycles. The summed E-state index contributed by atoms with van der Waals surface area (Å²) in [6, 6.07) is 0. The van der Waals surface area contributed by atoms with E-state index in [-0.39, 0.29) is 6.10 Å². The lowest BCUT2D eigenvalue weighted by Crippen LogP contribution is -2.24. The Morgan fingerprint density at radius 2 is 2.08 bits per heavy atom. The van der Waals surface area contributed by atoms with Crippen molar-refractivity contribution in [2.75, 3.05) is 0 Å². The molecule has 1 N–H and O–H groups in total. The van der Waals surface area contributed by atoms with E-state index in [1.54, 1.807) is 0 Å². The summed E-state index contributed by atoms with van der Waals surface area (Å²) in [6.07, 6.45) is 10.2. The minimum Gasteiger partial charge on any atom is -0.393 e. The van der Waals surface area contributed by atoms with Crippen LogP contribution in [0.25, 0.3) is 0 Å². The molecule has 1 saturated carbocycles. The summed E-state index contributed by atoms with van der Waals surface area (Å²) in [5.41, 5.74) is 0. The second-order valence-corrected chi connectivity index (χ2v) is 3.83. The summed E-state index contributed by atoms with van der Waals surface area (Å²) in [6.45, 7) is 3.70. The van der Waals surface area contributed by atoms with Gasteiger partial charge in [0, 0.05) is 0 Å². The van der Waals surface area contributed by atoms with E-state index in [9.17, 15) is 5.11 Å². The van der Waals surface area contributed by atoms with Crippen LogP contribution in [-0.4, -0.2) is 11.2 Å². The number of aliphatic hydroxyl groups excluding tert-OH is 1. The standard InChI is InChI=1S/C11H20O/c1-2-3-4-7-10-8-5-6-9-11(10)12/h2,10-12H,1,3-9H2. The van der Waals surface area contributed by atoms with Gasteiger partial charge < -0.3 is 5.11 Å². The molecule has 0 spiro atoms. The average Bonchev–Trinajstić information content (AvgIpc) is 2.09. The predicted molar refractivity (Wildman–Crippen MR) is 52.0 cm³/mol. The van der Waals surface area contributed by atoms with Crippen molar-refractivity contribution in [1.29, 1.82) is 0 Å². The second kappa shape index (κ2) is 5.36. The van der Waals surface area contributed by atoms with Gasteiger partial charge >= 0.3 is 0 Å². The minimum atomic E-state index is -0.0106. The van der Waals surface area contributed by atoms with E-state index in [1.165, 1.54) is 32.1 Å². The predicted octanol–water partition coefficient (Wildman–Crippen LogP) is 2.89. The van der Waals surface area contributed by atoms with Crippen molar-refractivity contribution in [2.24, 2.45) is 5.92 Å². The van der Waals surface area contributed by atoms with Gasteiger partial charge in [-0.05, 0) is 38.0 Å². The van der Waals surface area contributed by atoms with E-state index in [0.717, 1.165) is 12.8 Å². The van der Waals surface area contributed by atoms with Crippen molar-refractivity contribution >= 4 is 0 Å². The van der Waals surface area contributed by atoms with Gasteiger partial charge in [0.2, 0.25) is 0 Å². The summed E-state index contributed by atoms with van der Waals surface area (Å²) < 4.78 is 0. The van der Waals surface area contributed by atoms with Gasteiger partial charge in [-0.3, -0.25) is 0 Å². The first kappa shape index (κ1) is 9.79. The van der Waals surface area contributed by atoms with E-state index in [1.807, 2.05) is 6.08 Å². The van der Waals surface area contributed by atoms with Crippen molar-refractivity contribution in [2.45, 2.75) is 51.0 Å². The Morgan fingerprint density at radius 3 is 2.75 bits per heavy atom. The summed E-state index contributed by atoms with van der Waals surface area (Å²) in [5.74, 6) is 0.582. The first-order valence-electron chi connectivity index (χ1n) is 5.13. The molecule has 1 aliphatic carbocycles. The quantitative estimate of drug-likeness (QED) is 0.505. The molecule has 0 aromatic carbocycles. The summed E-state index contributed by atoms with van der Waals surface area (Å²) in [7, 11) is 0. The highest BCUT2D eigenvalue weighted by Gasteiger charge is 2.21. The molecule has 0 bridgehead atoms. The third kappa shape index (κ3) is 2.98. The number of hydrogen-bond acceptors (Lipinski definition) is 1. The highest BCUT2D eigenvalue weighted by molar-refractivity contribution is 4.75. The molecule has 12 heavy (non-hydrogen) atoms. The molecule has 0 radical (unpaired) electrons. The molecule has 1 rings (SSSR count). The molecule has 1 heteroatoms. The van der Waals surface area contributed by atoms with Crippen LogP contribution in [0.15, 0.2) is 12.7 Å². The number of hydrogen-bond donors (Lipinski definition) is 1. The average molecular weight is 168 g/mol. The molecule has 0 aromatic heterocycles. The van der Waals surface area contributed by atoms with Crippen molar-refractivity contribution in [1.82, 2.24) is 0 Å². The third-order valence-electron chi connectivity index (χ3n) is 2.85. The number of allylic oxidation sites excluding steroid dienone is 1. The van der Waals surface area contributed by atoms with Gasteiger partial charge in [0.15, 0.2) is 0 Å². The third-order valence-corrected chi connectivity index (χ3v) is 2.85. The Labute approximate surface area is 75.5 Å². The Morgan fingerprint density at radius 1 is 1.33 bits per heavy atom. The zero-order valence-corrected chi connectivity index (χ0v) is 7.84. The molecule has 0 aliphatic heterocycles. The molecule has 0 aromatic rings. The Kier molecular flexibility index (Phi) is 4.37. The SMILES string of the molecule is C=CCCCC1CCCCC1O. The van der Waals surface area contributed by atoms with Gasteiger partial charge in [-0.1, -0.05) is 18.9 Å². The molecule has 1 nitrogen and oxygen atoms in total. The normalized spacial score (nSPS) is 30.1. The lowest BCUT2D eigenvalue weighted by molar-refractivity contribution is 0.0644. The summed E-state index contributed by atoms with van der Waals surface area (Å²) >= 11 is 0. The van der Waals surface area contributed by atoms with Crippen molar-refractivity contribution in [3.63, 3.8) is 0 Å². The van der Waals surface area contributed by atoms with Crippen LogP contribution < -0.4 is 0 Å². The van der Waals surface area contributed by atoms with E-state index in [0.29, 0.717) is 5.92 Å².